The van der Waals surface area contributed by atoms with Gasteiger partial charge in [0.15, 0.2) is 0 Å². The van der Waals surface area contributed by atoms with Gasteiger partial charge in [-0.15, -0.1) is 0 Å². The van der Waals surface area contributed by atoms with Crippen LogP contribution >= 0.6 is 0 Å². The fraction of sp³-hybridized carbons (Fsp3) is 0.500. The lowest BCUT2D eigenvalue weighted by atomic mass is 10.0. The van der Waals surface area contributed by atoms with E-state index < -0.39 is 35.5 Å². The van der Waals surface area contributed by atoms with E-state index in [4.69, 9.17) is 4.74 Å². The summed E-state index contributed by atoms with van der Waals surface area (Å²) in [6.07, 6.45) is 2.33. The van der Waals surface area contributed by atoms with E-state index in [1.807, 2.05) is 13.0 Å². The summed E-state index contributed by atoms with van der Waals surface area (Å²) in [6, 6.07) is 6.04. The van der Waals surface area contributed by atoms with E-state index in [1.165, 1.54) is 12.0 Å². The molecule has 0 fully saturated rings. The molecule has 1 aromatic rings. The molecule has 0 aromatic heterocycles. The number of carbonyl (C=O) groups is 4. The number of alkyl carbamates (subject to hydrolysis) is 1. The quantitative estimate of drug-likeness (QED) is 0.490. The third-order valence-electron chi connectivity index (χ3n) is 4.51. The number of carbonyl (C=O) groups excluding carboxylic acids is 4. The van der Waals surface area contributed by atoms with E-state index in [-0.39, 0.29) is 19.6 Å². The first-order chi connectivity index (χ1) is 15.5. The van der Waals surface area contributed by atoms with E-state index in [1.54, 1.807) is 45.0 Å². The Labute approximate surface area is 195 Å². The van der Waals surface area contributed by atoms with Crippen molar-refractivity contribution in [1.82, 2.24) is 15.5 Å². The Kier molecular flexibility index (Phi) is 11.1. The molecule has 1 rings (SSSR count). The van der Waals surface area contributed by atoms with Gasteiger partial charge in [0.1, 0.15) is 24.7 Å². The summed E-state index contributed by atoms with van der Waals surface area (Å²) in [7, 11) is 1.22. The molecule has 9 nitrogen and oxygen atoms in total. The van der Waals surface area contributed by atoms with Crippen molar-refractivity contribution >= 4 is 30.0 Å². The summed E-state index contributed by atoms with van der Waals surface area (Å²) in [5.74, 6) is -1.61. The highest BCUT2D eigenvalue weighted by atomic mass is 16.6. The van der Waals surface area contributed by atoms with Crippen molar-refractivity contribution in [3.8, 4) is 0 Å². The van der Waals surface area contributed by atoms with Crippen molar-refractivity contribution in [1.29, 1.82) is 0 Å². The Morgan fingerprint density at radius 1 is 1.15 bits per heavy atom. The van der Waals surface area contributed by atoms with Gasteiger partial charge in [-0.3, -0.25) is 14.4 Å². The summed E-state index contributed by atoms with van der Waals surface area (Å²) in [4.78, 5) is 51.3. The third kappa shape index (κ3) is 9.76. The number of hydrogen-bond acceptors (Lipinski definition) is 6. The van der Waals surface area contributed by atoms with Gasteiger partial charge in [-0.25, -0.2) is 4.79 Å². The molecular formula is C24H35N3O6. The number of rotatable bonds is 11. The molecule has 182 valence electrons. The fourth-order valence-corrected chi connectivity index (χ4v) is 2.95. The molecule has 0 aliphatic heterocycles. The molecule has 2 N–H and O–H groups in total. The average molecular weight is 462 g/mol. The molecule has 0 saturated heterocycles. The Morgan fingerprint density at radius 2 is 1.85 bits per heavy atom. The second kappa shape index (κ2) is 13.2. The summed E-state index contributed by atoms with van der Waals surface area (Å²) in [5.41, 5.74) is 0.612. The van der Waals surface area contributed by atoms with E-state index in [0.717, 1.165) is 12.0 Å². The molecule has 0 saturated carbocycles. The Bertz CT molecular complexity index is 847. The highest BCUT2D eigenvalue weighted by Gasteiger charge is 2.32. The van der Waals surface area contributed by atoms with Gasteiger partial charge in [-0.1, -0.05) is 44.2 Å². The molecule has 0 bridgehead atoms. The molecule has 3 amide bonds. The summed E-state index contributed by atoms with van der Waals surface area (Å²) in [6.45, 7) is 10.5. The number of ether oxygens (including phenoxy) is 2. The second-order valence-electron chi connectivity index (χ2n) is 8.37. The van der Waals surface area contributed by atoms with Gasteiger partial charge in [0.05, 0.1) is 7.11 Å². The van der Waals surface area contributed by atoms with Gasteiger partial charge in [-0.05, 0) is 44.4 Å². The zero-order valence-corrected chi connectivity index (χ0v) is 20.1. The van der Waals surface area contributed by atoms with Gasteiger partial charge >= 0.3 is 12.1 Å². The van der Waals surface area contributed by atoms with E-state index in [9.17, 15) is 19.2 Å². The number of amides is 3. The maximum Gasteiger partial charge on any atom is 0.408 e. The van der Waals surface area contributed by atoms with Crippen molar-refractivity contribution < 1.29 is 28.7 Å². The SMILES string of the molecule is C=Cc1cccc(C(C(=O)NCC(=O)OC)N(CCCC)C(=O)CNC(=O)OC(C)(C)C)c1. The van der Waals surface area contributed by atoms with Crippen molar-refractivity contribution in [3.05, 3.63) is 42.0 Å². The van der Waals surface area contributed by atoms with E-state index in [0.29, 0.717) is 12.0 Å². The number of benzene rings is 1. The van der Waals surface area contributed by atoms with Crippen LogP contribution in [0.4, 0.5) is 4.79 Å². The minimum atomic E-state index is -1.02. The smallest absolute Gasteiger partial charge is 0.408 e. The molecule has 1 aromatic carbocycles. The van der Waals surface area contributed by atoms with Gasteiger partial charge in [0, 0.05) is 6.54 Å². The van der Waals surface area contributed by atoms with Crippen LogP contribution in [0.15, 0.2) is 30.8 Å². The minimum absolute atomic E-state index is 0.278. The molecular weight excluding hydrogens is 426 g/mol. The van der Waals surface area contributed by atoms with Crippen LogP contribution in [0.5, 0.6) is 0 Å². The van der Waals surface area contributed by atoms with Gasteiger partial charge in [-0.2, -0.15) is 0 Å². The lowest BCUT2D eigenvalue weighted by Gasteiger charge is -2.31. The molecule has 1 atom stereocenters. The minimum Gasteiger partial charge on any atom is -0.468 e. The molecule has 0 aliphatic carbocycles. The van der Waals surface area contributed by atoms with Crippen LogP contribution in [0.2, 0.25) is 0 Å². The molecule has 33 heavy (non-hydrogen) atoms. The molecule has 9 heteroatoms. The monoisotopic (exact) mass is 461 g/mol. The number of nitrogens with one attached hydrogen (secondary N) is 2. The lowest BCUT2D eigenvalue weighted by Crippen LogP contribution is -2.48. The number of esters is 1. The normalized spacial score (nSPS) is 11.7. The van der Waals surface area contributed by atoms with Crippen LogP contribution in [0.25, 0.3) is 6.08 Å². The second-order valence-corrected chi connectivity index (χ2v) is 8.37. The van der Waals surface area contributed by atoms with Gasteiger partial charge < -0.3 is 25.0 Å². The summed E-state index contributed by atoms with van der Waals surface area (Å²) >= 11 is 0. The predicted octanol–water partition coefficient (Wildman–Crippen LogP) is 2.81. The highest BCUT2D eigenvalue weighted by Crippen LogP contribution is 2.24. The largest absolute Gasteiger partial charge is 0.468 e. The summed E-state index contributed by atoms with van der Waals surface area (Å²) < 4.78 is 9.78. The first-order valence-corrected chi connectivity index (χ1v) is 10.9. The highest BCUT2D eigenvalue weighted by molar-refractivity contribution is 5.92. The first-order valence-electron chi connectivity index (χ1n) is 10.9. The number of nitrogens with zero attached hydrogens (tertiary/aromatic N) is 1. The van der Waals surface area contributed by atoms with Crippen LogP contribution in [0, 0.1) is 0 Å². The number of methoxy groups -OCH3 is 1. The van der Waals surface area contributed by atoms with Crippen molar-refractivity contribution in [2.45, 2.75) is 52.2 Å². The Hall–Kier alpha value is -3.36. The van der Waals surface area contributed by atoms with Gasteiger partial charge in [0.25, 0.3) is 0 Å². The van der Waals surface area contributed by atoms with Gasteiger partial charge in [0.2, 0.25) is 11.8 Å². The summed E-state index contributed by atoms with van der Waals surface area (Å²) in [5, 5.41) is 4.98. The molecule has 1 unspecified atom stereocenters. The average Bonchev–Trinajstić information content (AvgIpc) is 2.77. The first kappa shape index (κ1) is 27.7. The van der Waals surface area contributed by atoms with Crippen molar-refractivity contribution in [2.75, 3.05) is 26.7 Å². The maximum atomic E-state index is 13.2. The zero-order valence-electron chi connectivity index (χ0n) is 20.1. The molecule has 0 aliphatic rings. The standard InChI is InChI=1S/C24H35N3O6/c1-7-9-13-27(19(28)15-26-23(31)33-24(3,4)5)21(22(30)25-16-20(29)32-6)18-12-10-11-17(8-2)14-18/h8,10-12,14,21H,2,7,9,13,15-16H2,1,3-6H3,(H,25,30)(H,26,31). The van der Waals surface area contributed by atoms with E-state index >= 15 is 0 Å². The Morgan fingerprint density at radius 3 is 2.42 bits per heavy atom. The topological polar surface area (TPSA) is 114 Å². The van der Waals surface area contributed by atoms with Crippen LogP contribution in [-0.4, -0.2) is 61.1 Å². The zero-order chi connectivity index (χ0) is 25.0. The van der Waals surface area contributed by atoms with Crippen molar-refractivity contribution in [2.24, 2.45) is 0 Å². The molecule has 0 heterocycles. The van der Waals surface area contributed by atoms with Crippen LogP contribution in [0.1, 0.15) is 57.7 Å². The lowest BCUT2D eigenvalue weighted by molar-refractivity contribution is -0.143. The molecule has 0 radical (unpaired) electrons. The van der Waals surface area contributed by atoms with E-state index in [2.05, 4.69) is 21.9 Å². The van der Waals surface area contributed by atoms with Crippen molar-refractivity contribution in [3.63, 3.8) is 0 Å². The van der Waals surface area contributed by atoms with Crippen LogP contribution in [0.3, 0.4) is 0 Å². The van der Waals surface area contributed by atoms with Crippen LogP contribution in [-0.2, 0) is 23.9 Å². The fourth-order valence-electron chi connectivity index (χ4n) is 2.95. The Balaban J connectivity index is 3.22. The third-order valence-corrected chi connectivity index (χ3v) is 4.51. The number of hydrogen-bond donors (Lipinski definition) is 2. The maximum absolute atomic E-state index is 13.2. The number of unbranched alkanes of at least 4 members (excludes halogenated alkanes) is 1. The molecule has 0 spiro atoms. The van der Waals surface area contributed by atoms with Crippen LogP contribution < -0.4 is 10.6 Å². The predicted molar refractivity (Wildman–Crippen MR) is 125 cm³/mol.